The molecule has 0 radical (unpaired) electrons. The predicted octanol–water partition coefficient (Wildman–Crippen LogP) is 8.46. The molecule has 2 unspecified atom stereocenters. The van der Waals surface area contributed by atoms with Gasteiger partial charge in [-0.15, -0.1) is 0 Å². The van der Waals surface area contributed by atoms with E-state index in [1.54, 1.807) is 0 Å². The van der Waals surface area contributed by atoms with Crippen LogP contribution in [-0.4, -0.2) is 0 Å². The first kappa shape index (κ1) is 18.8. The van der Waals surface area contributed by atoms with Crippen molar-refractivity contribution < 1.29 is 0 Å². The van der Waals surface area contributed by atoms with Crippen LogP contribution in [0.25, 0.3) is 6.08 Å². The van der Waals surface area contributed by atoms with E-state index in [2.05, 4.69) is 109 Å². The number of hydrogen-bond acceptors (Lipinski definition) is 2. The molecule has 0 amide bonds. The van der Waals surface area contributed by atoms with Crippen molar-refractivity contribution in [3.05, 3.63) is 140 Å². The standard InChI is InChI=1S/C30H22S2/c1-3-10-25-21(8-1)18-23-20-29(17-13-27(23)31-25)14-5-6-15-30(29)16-7-12-28-24(30)19-22-9-2-4-11-26(22)32-28/h1-7,9-16,18-20H,8,17H2. The highest BCUT2D eigenvalue weighted by molar-refractivity contribution is 8.07. The van der Waals surface area contributed by atoms with Crippen LogP contribution in [0.3, 0.4) is 0 Å². The summed E-state index contributed by atoms with van der Waals surface area (Å²) in [5.41, 5.74) is 5.32. The molecule has 4 aliphatic carbocycles. The number of allylic oxidation sites excluding steroid dienone is 16. The maximum absolute atomic E-state index is 2.57. The lowest BCUT2D eigenvalue weighted by atomic mass is 9.53. The van der Waals surface area contributed by atoms with Crippen molar-refractivity contribution in [3.63, 3.8) is 0 Å². The van der Waals surface area contributed by atoms with E-state index in [-0.39, 0.29) is 10.8 Å². The molecule has 2 atom stereocenters. The van der Waals surface area contributed by atoms with E-state index in [9.17, 15) is 0 Å². The van der Waals surface area contributed by atoms with Gasteiger partial charge in [-0.25, -0.2) is 0 Å². The summed E-state index contributed by atoms with van der Waals surface area (Å²) in [6, 6.07) is 8.77. The van der Waals surface area contributed by atoms with Gasteiger partial charge in [0, 0.05) is 30.4 Å². The van der Waals surface area contributed by atoms with Crippen LogP contribution in [0.2, 0.25) is 0 Å². The first-order valence-corrected chi connectivity index (χ1v) is 12.8. The molecule has 1 aromatic carbocycles. The summed E-state index contributed by atoms with van der Waals surface area (Å²) in [6.45, 7) is 0. The van der Waals surface area contributed by atoms with Crippen LogP contribution in [0, 0.1) is 10.8 Å². The molecular formula is C30H22S2. The third-order valence-corrected chi connectivity index (χ3v) is 9.71. The van der Waals surface area contributed by atoms with Crippen molar-refractivity contribution in [3.8, 4) is 0 Å². The Hall–Kier alpha value is -2.68. The fourth-order valence-electron chi connectivity index (χ4n) is 5.69. The fraction of sp³-hybridized carbons (Fsp3) is 0.133. The number of hydrogen-bond donors (Lipinski definition) is 0. The second-order valence-electron chi connectivity index (χ2n) is 9.02. The summed E-state index contributed by atoms with van der Waals surface area (Å²) in [5.74, 6) is 0. The lowest BCUT2D eigenvalue weighted by molar-refractivity contribution is 0.307. The number of fused-ring (bicyclic) bond motifs is 6. The third kappa shape index (κ3) is 2.60. The van der Waals surface area contributed by atoms with Crippen LogP contribution in [0.15, 0.2) is 140 Å². The predicted molar refractivity (Wildman–Crippen MR) is 139 cm³/mol. The highest BCUT2D eigenvalue weighted by Gasteiger charge is 2.51. The molecule has 32 heavy (non-hydrogen) atoms. The molecular weight excluding hydrogens is 424 g/mol. The highest BCUT2D eigenvalue weighted by Crippen LogP contribution is 2.63. The lowest BCUT2D eigenvalue weighted by Gasteiger charge is -2.51. The van der Waals surface area contributed by atoms with Crippen molar-refractivity contribution in [1.82, 2.24) is 0 Å². The largest absolute Gasteiger partial charge is 0.0895 e. The molecule has 2 spiro atoms. The summed E-state index contributed by atoms with van der Waals surface area (Å²) in [4.78, 5) is 5.54. The molecule has 0 N–H and O–H groups in total. The molecule has 2 heterocycles. The Morgan fingerprint density at radius 1 is 0.781 bits per heavy atom. The highest BCUT2D eigenvalue weighted by atomic mass is 32.2. The van der Waals surface area contributed by atoms with Crippen molar-refractivity contribution in [2.24, 2.45) is 10.8 Å². The number of rotatable bonds is 0. The molecule has 1 aromatic rings. The van der Waals surface area contributed by atoms with Crippen LogP contribution < -0.4 is 0 Å². The molecule has 2 aliphatic heterocycles. The Morgan fingerprint density at radius 3 is 2.66 bits per heavy atom. The molecule has 0 bridgehead atoms. The maximum atomic E-state index is 2.57. The quantitative estimate of drug-likeness (QED) is 0.392. The van der Waals surface area contributed by atoms with Crippen LogP contribution >= 0.6 is 23.5 Å². The smallest absolute Gasteiger partial charge is 0.0458 e. The van der Waals surface area contributed by atoms with Gasteiger partial charge in [-0.05, 0) is 65.5 Å². The Kier molecular flexibility index (Phi) is 4.07. The van der Waals surface area contributed by atoms with Crippen LogP contribution in [-0.2, 0) is 0 Å². The SMILES string of the molecule is C1=CCC2=CC3=CC4(C=CC=CC45C=CC=C4Sc6ccccc6C=C45)CC=C3SC2=C1. The van der Waals surface area contributed by atoms with E-state index in [4.69, 9.17) is 0 Å². The molecule has 0 saturated heterocycles. The average molecular weight is 447 g/mol. The van der Waals surface area contributed by atoms with E-state index in [0.29, 0.717) is 0 Å². The normalized spacial score (nSPS) is 30.9. The van der Waals surface area contributed by atoms with E-state index < -0.39 is 0 Å². The zero-order valence-corrected chi connectivity index (χ0v) is 19.3. The van der Waals surface area contributed by atoms with Crippen molar-refractivity contribution >= 4 is 29.6 Å². The monoisotopic (exact) mass is 446 g/mol. The Morgan fingerprint density at radius 2 is 1.66 bits per heavy atom. The van der Waals surface area contributed by atoms with Crippen molar-refractivity contribution in [2.45, 2.75) is 17.7 Å². The van der Waals surface area contributed by atoms with Gasteiger partial charge >= 0.3 is 0 Å². The van der Waals surface area contributed by atoms with E-state index in [1.165, 1.54) is 41.9 Å². The van der Waals surface area contributed by atoms with Crippen molar-refractivity contribution in [1.29, 1.82) is 0 Å². The summed E-state index contributed by atoms with van der Waals surface area (Å²) >= 11 is 3.85. The van der Waals surface area contributed by atoms with Gasteiger partial charge in [0.2, 0.25) is 0 Å². The van der Waals surface area contributed by atoms with Gasteiger partial charge < -0.3 is 0 Å². The first-order valence-electron chi connectivity index (χ1n) is 11.2. The van der Waals surface area contributed by atoms with Gasteiger partial charge in [0.25, 0.3) is 0 Å². The summed E-state index contributed by atoms with van der Waals surface area (Å²) in [6.07, 6.45) is 35.0. The van der Waals surface area contributed by atoms with Crippen molar-refractivity contribution in [2.75, 3.05) is 0 Å². The molecule has 154 valence electrons. The Balaban J connectivity index is 1.41. The molecule has 0 fully saturated rings. The fourth-order valence-corrected chi connectivity index (χ4v) is 7.87. The molecule has 0 nitrogen and oxygen atoms in total. The number of benzene rings is 1. The molecule has 2 heteroatoms. The van der Waals surface area contributed by atoms with Gasteiger partial charge in [0.05, 0.1) is 0 Å². The second kappa shape index (κ2) is 6.91. The van der Waals surface area contributed by atoms with Gasteiger partial charge in [0.1, 0.15) is 0 Å². The zero-order chi connectivity index (χ0) is 21.2. The van der Waals surface area contributed by atoms with Gasteiger partial charge in [-0.1, -0.05) is 102 Å². The van der Waals surface area contributed by atoms with Crippen LogP contribution in [0.4, 0.5) is 0 Å². The molecule has 0 saturated carbocycles. The van der Waals surface area contributed by atoms with Crippen LogP contribution in [0.5, 0.6) is 0 Å². The average Bonchev–Trinajstić information content (AvgIpc) is 2.84. The second-order valence-corrected chi connectivity index (χ2v) is 11.2. The topological polar surface area (TPSA) is 0 Å². The molecule has 7 rings (SSSR count). The summed E-state index contributed by atoms with van der Waals surface area (Å²) in [5, 5.41) is 0. The molecule has 0 aromatic heterocycles. The van der Waals surface area contributed by atoms with E-state index >= 15 is 0 Å². The summed E-state index contributed by atoms with van der Waals surface area (Å²) < 4.78 is 0. The van der Waals surface area contributed by atoms with Gasteiger partial charge in [-0.3, -0.25) is 0 Å². The summed E-state index contributed by atoms with van der Waals surface area (Å²) in [7, 11) is 0. The maximum Gasteiger partial charge on any atom is 0.0458 e. The Bertz CT molecular complexity index is 1360. The van der Waals surface area contributed by atoms with E-state index in [0.717, 1.165) is 12.8 Å². The Labute approximate surface area is 198 Å². The minimum Gasteiger partial charge on any atom is -0.0895 e. The lowest BCUT2D eigenvalue weighted by Crippen LogP contribution is -2.42. The minimum atomic E-state index is -0.173. The first-order chi connectivity index (χ1) is 15.8. The third-order valence-electron chi connectivity index (χ3n) is 7.30. The minimum absolute atomic E-state index is 0.0986. The van der Waals surface area contributed by atoms with Crippen LogP contribution in [0.1, 0.15) is 18.4 Å². The number of thioether (sulfide) groups is 2. The molecule has 6 aliphatic rings. The van der Waals surface area contributed by atoms with Gasteiger partial charge in [0.15, 0.2) is 0 Å². The van der Waals surface area contributed by atoms with E-state index in [1.807, 2.05) is 23.5 Å². The zero-order valence-electron chi connectivity index (χ0n) is 17.6. The van der Waals surface area contributed by atoms with Gasteiger partial charge in [-0.2, -0.15) is 0 Å².